The molecule has 0 bridgehead atoms. The van der Waals surface area contributed by atoms with Crippen LogP contribution in [0.25, 0.3) is 0 Å². The fourth-order valence-electron chi connectivity index (χ4n) is 2.13. The fraction of sp³-hybridized carbons (Fsp3) is 0.800. The van der Waals surface area contributed by atoms with Crippen LogP contribution in [0.1, 0.15) is 20.3 Å². The van der Waals surface area contributed by atoms with E-state index in [0.717, 1.165) is 31.9 Å². The molecule has 1 fully saturated rings. The minimum Gasteiger partial charge on any atom is -0.354 e. The zero-order chi connectivity index (χ0) is 10.8. The smallest absolute Gasteiger partial charge is 0.147 e. The van der Waals surface area contributed by atoms with Crippen molar-refractivity contribution >= 4 is 17.4 Å². The number of halogens is 1. The molecule has 0 radical (unpaired) electrons. The van der Waals surface area contributed by atoms with Gasteiger partial charge in [0.2, 0.25) is 0 Å². The van der Waals surface area contributed by atoms with Crippen molar-refractivity contribution in [2.75, 3.05) is 18.0 Å². The normalized spacial score (nSPS) is 26.2. The zero-order valence-corrected chi connectivity index (χ0v) is 9.98. The van der Waals surface area contributed by atoms with E-state index in [0.29, 0.717) is 5.92 Å². The van der Waals surface area contributed by atoms with Crippen LogP contribution in [0.5, 0.6) is 0 Å². The first-order valence-electron chi connectivity index (χ1n) is 5.53. The maximum Gasteiger partial charge on any atom is 0.147 e. The van der Waals surface area contributed by atoms with Crippen molar-refractivity contribution in [2.45, 2.75) is 32.2 Å². The Labute approximate surface area is 95.2 Å². The van der Waals surface area contributed by atoms with Crippen molar-refractivity contribution in [3.8, 4) is 0 Å². The van der Waals surface area contributed by atoms with Crippen molar-refractivity contribution in [1.82, 2.24) is 15.0 Å². The Morgan fingerprint density at radius 1 is 1.47 bits per heavy atom. The molecule has 2 atom stereocenters. The summed E-state index contributed by atoms with van der Waals surface area (Å²) in [5, 5.41) is 8.24. The van der Waals surface area contributed by atoms with Crippen LogP contribution < -0.4 is 4.90 Å². The number of hydrogen-bond acceptors (Lipinski definition) is 3. The molecular formula is C10H17ClN4. The molecule has 0 amide bonds. The molecule has 2 rings (SSSR count). The van der Waals surface area contributed by atoms with Gasteiger partial charge in [0.25, 0.3) is 0 Å². The average molecular weight is 229 g/mol. The molecule has 1 aliphatic heterocycles. The van der Waals surface area contributed by atoms with Gasteiger partial charge < -0.3 is 4.90 Å². The Morgan fingerprint density at radius 3 is 2.87 bits per heavy atom. The summed E-state index contributed by atoms with van der Waals surface area (Å²) in [7, 11) is 0. The Bertz CT molecular complexity index is 325. The van der Waals surface area contributed by atoms with Crippen LogP contribution >= 0.6 is 11.6 Å². The van der Waals surface area contributed by atoms with Crippen LogP contribution in [-0.4, -0.2) is 33.5 Å². The maximum absolute atomic E-state index is 6.29. The largest absolute Gasteiger partial charge is 0.354 e. The van der Waals surface area contributed by atoms with Crippen LogP contribution in [0.4, 0.5) is 5.82 Å². The number of alkyl halides is 1. The van der Waals surface area contributed by atoms with E-state index < -0.39 is 0 Å². The Balaban J connectivity index is 2.13. The second kappa shape index (κ2) is 4.39. The third-order valence-corrected chi connectivity index (χ3v) is 3.60. The summed E-state index contributed by atoms with van der Waals surface area (Å²) in [6.07, 6.45) is 2.96. The van der Waals surface area contributed by atoms with Gasteiger partial charge in [-0.2, -0.15) is 0 Å². The van der Waals surface area contributed by atoms with Gasteiger partial charge in [0.15, 0.2) is 0 Å². The average Bonchev–Trinajstić information content (AvgIpc) is 2.82. The highest BCUT2D eigenvalue weighted by Gasteiger charge is 2.31. The van der Waals surface area contributed by atoms with Crippen LogP contribution in [0.2, 0.25) is 0 Å². The maximum atomic E-state index is 6.29. The monoisotopic (exact) mass is 228 g/mol. The first-order valence-corrected chi connectivity index (χ1v) is 5.97. The molecule has 2 unspecified atom stereocenters. The number of nitrogens with zero attached hydrogens (tertiary/aromatic N) is 4. The van der Waals surface area contributed by atoms with E-state index in [4.69, 9.17) is 11.6 Å². The molecule has 0 spiro atoms. The first-order chi connectivity index (χ1) is 7.26. The Hall–Kier alpha value is -0.770. The summed E-state index contributed by atoms with van der Waals surface area (Å²) in [5.74, 6) is 1.69. The molecule has 1 saturated heterocycles. The SMILES string of the molecule is CCC1CN(c2cnnn2CC)CC1Cl. The standard InChI is InChI=1S/C10H17ClN4/c1-3-8-6-14(7-9(8)11)10-5-12-13-15(10)4-2/h5,8-9H,3-4,6-7H2,1-2H3. The molecule has 1 aliphatic rings. The highest BCUT2D eigenvalue weighted by atomic mass is 35.5. The van der Waals surface area contributed by atoms with Crippen molar-refractivity contribution in [3.05, 3.63) is 6.20 Å². The van der Waals surface area contributed by atoms with E-state index in [1.54, 1.807) is 0 Å². The van der Waals surface area contributed by atoms with Crippen molar-refractivity contribution < 1.29 is 0 Å². The first kappa shape index (κ1) is 10.7. The van der Waals surface area contributed by atoms with E-state index in [9.17, 15) is 0 Å². The van der Waals surface area contributed by atoms with Crippen molar-refractivity contribution in [3.63, 3.8) is 0 Å². The third kappa shape index (κ3) is 1.95. The number of aromatic nitrogens is 3. The van der Waals surface area contributed by atoms with Gasteiger partial charge in [0.05, 0.1) is 11.6 Å². The van der Waals surface area contributed by atoms with Crippen molar-refractivity contribution in [2.24, 2.45) is 5.92 Å². The lowest BCUT2D eigenvalue weighted by Gasteiger charge is -2.17. The van der Waals surface area contributed by atoms with Gasteiger partial charge in [-0.25, -0.2) is 4.68 Å². The summed E-state index contributed by atoms with van der Waals surface area (Å²) in [6.45, 7) is 7.06. The van der Waals surface area contributed by atoms with Gasteiger partial charge >= 0.3 is 0 Å². The summed E-state index contributed by atoms with van der Waals surface area (Å²) < 4.78 is 1.92. The predicted molar refractivity (Wildman–Crippen MR) is 61.3 cm³/mol. The molecular weight excluding hydrogens is 212 g/mol. The molecule has 0 aromatic carbocycles. The molecule has 1 aromatic rings. The second-order valence-corrected chi connectivity index (χ2v) is 4.56. The topological polar surface area (TPSA) is 34.0 Å². The Morgan fingerprint density at radius 2 is 2.27 bits per heavy atom. The number of hydrogen-bond donors (Lipinski definition) is 0. The lowest BCUT2D eigenvalue weighted by atomic mass is 10.1. The summed E-state index contributed by atoms with van der Waals surface area (Å²) in [6, 6.07) is 0. The molecule has 1 aromatic heterocycles. The zero-order valence-electron chi connectivity index (χ0n) is 9.23. The van der Waals surface area contributed by atoms with Crippen LogP contribution in [0, 0.1) is 5.92 Å². The highest BCUT2D eigenvalue weighted by Crippen LogP contribution is 2.28. The van der Waals surface area contributed by atoms with E-state index in [1.807, 2.05) is 10.9 Å². The molecule has 84 valence electrons. The van der Waals surface area contributed by atoms with Crippen molar-refractivity contribution in [1.29, 1.82) is 0 Å². The predicted octanol–water partition coefficient (Wildman–Crippen LogP) is 1.75. The molecule has 2 heterocycles. The number of rotatable bonds is 3. The third-order valence-electron chi connectivity index (χ3n) is 3.11. The van der Waals surface area contributed by atoms with Gasteiger partial charge in [0, 0.05) is 19.6 Å². The van der Waals surface area contributed by atoms with Gasteiger partial charge in [-0.3, -0.25) is 0 Å². The lowest BCUT2D eigenvalue weighted by molar-refractivity contribution is 0.570. The number of anilines is 1. The van der Waals surface area contributed by atoms with E-state index >= 15 is 0 Å². The lowest BCUT2D eigenvalue weighted by Crippen LogP contribution is -2.23. The van der Waals surface area contributed by atoms with Gasteiger partial charge in [0.1, 0.15) is 5.82 Å². The van der Waals surface area contributed by atoms with Crippen LogP contribution in [0.15, 0.2) is 6.20 Å². The molecule has 5 heteroatoms. The Kier molecular flexibility index (Phi) is 3.14. The van der Waals surface area contributed by atoms with Gasteiger partial charge in [-0.1, -0.05) is 18.6 Å². The minimum atomic E-state index is 0.259. The molecule has 4 nitrogen and oxygen atoms in total. The highest BCUT2D eigenvalue weighted by molar-refractivity contribution is 6.21. The van der Waals surface area contributed by atoms with Gasteiger partial charge in [-0.15, -0.1) is 16.7 Å². The van der Waals surface area contributed by atoms with E-state index in [2.05, 4.69) is 29.1 Å². The quantitative estimate of drug-likeness (QED) is 0.740. The van der Waals surface area contributed by atoms with E-state index in [-0.39, 0.29) is 5.38 Å². The second-order valence-electron chi connectivity index (χ2n) is 4.00. The summed E-state index contributed by atoms with van der Waals surface area (Å²) in [4.78, 5) is 2.29. The summed E-state index contributed by atoms with van der Waals surface area (Å²) in [5.41, 5.74) is 0. The van der Waals surface area contributed by atoms with Gasteiger partial charge in [-0.05, 0) is 12.8 Å². The molecule has 0 N–H and O–H groups in total. The summed E-state index contributed by atoms with van der Waals surface area (Å²) >= 11 is 6.29. The molecule has 0 aliphatic carbocycles. The van der Waals surface area contributed by atoms with Crippen LogP contribution in [0.3, 0.4) is 0 Å². The molecule has 0 saturated carbocycles. The number of aryl methyl sites for hydroxylation is 1. The van der Waals surface area contributed by atoms with E-state index in [1.165, 1.54) is 0 Å². The molecule has 15 heavy (non-hydrogen) atoms. The fourth-order valence-corrected chi connectivity index (χ4v) is 2.55. The van der Waals surface area contributed by atoms with Crippen LogP contribution in [-0.2, 0) is 6.54 Å². The minimum absolute atomic E-state index is 0.259.